The maximum atomic E-state index is 12.7. The molecule has 0 heterocycles. The van der Waals surface area contributed by atoms with Gasteiger partial charge in [-0.15, -0.1) is 0 Å². The molecular formula is C21H27Cl3N2O2. The molecule has 4 nitrogen and oxygen atoms in total. The first kappa shape index (κ1) is 26.4. The van der Waals surface area contributed by atoms with Crippen molar-refractivity contribution in [1.82, 2.24) is 0 Å². The summed E-state index contributed by atoms with van der Waals surface area (Å²) in [4.78, 5) is 15.0. The van der Waals surface area contributed by atoms with E-state index >= 15 is 0 Å². The van der Waals surface area contributed by atoms with Gasteiger partial charge >= 0.3 is 0 Å². The molecule has 3 N–H and O–H groups in total. The molecule has 0 amide bonds. The van der Waals surface area contributed by atoms with Gasteiger partial charge in [0.15, 0.2) is 5.78 Å². The van der Waals surface area contributed by atoms with E-state index in [2.05, 4.69) is 0 Å². The van der Waals surface area contributed by atoms with Crippen LogP contribution < -0.4 is 34.6 Å². The summed E-state index contributed by atoms with van der Waals surface area (Å²) in [6.07, 6.45) is 3.31. The monoisotopic (exact) mass is 444 g/mol. The highest BCUT2D eigenvalue weighted by Gasteiger charge is 2.16. The van der Waals surface area contributed by atoms with Crippen LogP contribution in [0.5, 0.6) is 5.75 Å². The van der Waals surface area contributed by atoms with Gasteiger partial charge in [-0.25, -0.2) is 0 Å². The van der Waals surface area contributed by atoms with E-state index in [9.17, 15) is 9.90 Å². The number of aromatic hydroxyl groups is 1. The minimum absolute atomic E-state index is 0. The van der Waals surface area contributed by atoms with Crippen LogP contribution in [0, 0.1) is 0 Å². The molecule has 0 fully saturated rings. The van der Waals surface area contributed by atoms with Crippen molar-refractivity contribution in [2.24, 2.45) is 0 Å². The number of hydrogen-bond acceptors (Lipinski definition) is 2. The number of quaternary nitrogens is 2. The van der Waals surface area contributed by atoms with Crippen LogP contribution in [0.15, 0.2) is 42.5 Å². The van der Waals surface area contributed by atoms with Crippen molar-refractivity contribution < 1.29 is 44.5 Å². The van der Waals surface area contributed by atoms with E-state index in [0.717, 1.165) is 16.7 Å². The highest BCUT2D eigenvalue weighted by Crippen LogP contribution is 2.24. The molecule has 0 spiro atoms. The van der Waals surface area contributed by atoms with Gasteiger partial charge in [-0.1, -0.05) is 29.8 Å². The lowest BCUT2D eigenvalue weighted by molar-refractivity contribution is -0.873. The summed E-state index contributed by atoms with van der Waals surface area (Å²) in [5, 5.41) is 11.2. The minimum atomic E-state index is -0.0880. The van der Waals surface area contributed by atoms with Crippen LogP contribution in [-0.2, 0) is 13.1 Å². The zero-order valence-corrected chi connectivity index (χ0v) is 18.8. The fraction of sp³-hybridized carbons (Fsp3) is 0.286. The molecule has 7 heteroatoms. The Kier molecular flexibility index (Phi) is 11.4. The van der Waals surface area contributed by atoms with Crippen LogP contribution >= 0.6 is 11.6 Å². The normalized spacial score (nSPS) is 10.8. The van der Waals surface area contributed by atoms with Gasteiger partial charge < -0.3 is 39.7 Å². The Balaban J connectivity index is 0.00000364. The molecule has 0 aliphatic heterocycles. The molecule has 0 aliphatic carbocycles. The maximum absolute atomic E-state index is 12.7. The first-order valence-corrected chi connectivity index (χ1v) is 9.05. The maximum Gasteiger partial charge on any atom is 0.185 e. The molecule has 0 radical (unpaired) electrons. The summed E-state index contributed by atoms with van der Waals surface area (Å²) in [5.74, 6) is 0.206. The van der Waals surface area contributed by atoms with Crippen LogP contribution in [0.1, 0.15) is 27.0 Å². The summed E-state index contributed by atoms with van der Waals surface area (Å²) in [6, 6.07) is 10.9. The highest BCUT2D eigenvalue weighted by atomic mass is 35.5. The zero-order chi connectivity index (χ0) is 19.3. The van der Waals surface area contributed by atoms with Crippen molar-refractivity contribution in [3.63, 3.8) is 0 Å². The number of phenolic OH excluding ortho intramolecular Hbond substituents is 1. The standard InChI is InChI=1S/C21H25ClN2O2.2ClH/c1-23(2)13-17-11-16(12-18(21(17)26)14-24(3)4)20(25)9-8-15-6-5-7-19(22)10-15;;/h5-12,26H,13-14H2,1-4H3;2*1H/b9-8+;;. The first-order chi connectivity index (χ1) is 12.3. The Labute approximate surface area is 184 Å². The Bertz CT molecular complexity index is 790. The average Bonchev–Trinajstić information content (AvgIpc) is 2.55. The smallest absolute Gasteiger partial charge is 0.185 e. The summed E-state index contributed by atoms with van der Waals surface area (Å²) >= 11 is 5.98. The minimum Gasteiger partial charge on any atom is -1.00 e. The second-order valence-electron chi connectivity index (χ2n) is 7.16. The lowest BCUT2D eigenvalue weighted by Crippen LogP contribution is -3.04. The van der Waals surface area contributed by atoms with E-state index < -0.39 is 0 Å². The van der Waals surface area contributed by atoms with Gasteiger partial charge in [0, 0.05) is 21.7 Å². The van der Waals surface area contributed by atoms with E-state index in [0.29, 0.717) is 29.4 Å². The van der Waals surface area contributed by atoms with Gasteiger partial charge in [0.05, 0.1) is 28.2 Å². The largest absolute Gasteiger partial charge is 1.00 e. The predicted octanol–water partition coefficient (Wildman–Crippen LogP) is -4.76. The van der Waals surface area contributed by atoms with E-state index in [1.165, 1.54) is 9.80 Å². The fourth-order valence-corrected chi connectivity index (χ4v) is 3.01. The number of halogens is 3. The highest BCUT2D eigenvalue weighted by molar-refractivity contribution is 6.30. The molecule has 28 heavy (non-hydrogen) atoms. The van der Waals surface area contributed by atoms with Gasteiger partial charge in [-0.2, -0.15) is 0 Å². The van der Waals surface area contributed by atoms with Crippen molar-refractivity contribution in [3.05, 3.63) is 69.8 Å². The third kappa shape index (κ3) is 7.82. The van der Waals surface area contributed by atoms with Crippen LogP contribution in [0.2, 0.25) is 5.02 Å². The third-order valence-electron chi connectivity index (χ3n) is 3.92. The molecule has 2 rings (SSSR count). The number of phenols is 1. The van der Waals surface area contributed by atoms with Gasteiger partial charge in [0.25, 0.3) is 0 Å². The van der Waals surface area contributed by atoms with E-state index in [1.807, 2.05) is 46.4 Å². The Hall–Kier alpha value is -1.56. The Morgan fingerprint density at radius 1 is 1.00 bits per heavy atom. The topological polar surface area (TPSA) is 46.2 Å². The number of nitrogens with one attached hydrogen (secondary N) is 2. The van der Waals surface area contributed by atoms with Crippen molar-refractivity contribution >= 4 is 23.5 Å². The molecule has 0 bridgehead atoms. The third-order valence-corrected chi connectivity index (χ3v) is 4.15. The number of ketones is 1. The molecule has 0 aliphatic rings. The Morgan fingerprint density at radius 3 is 2.00 bits per heavy atom. The van der Waals surface area contributed by atoms with Crippen molar-refractivity contribution in [1.29, 1.82) is 0 Å². The van der Waals surface area contributed by atoms with Crippen LogP contribution in [0.25, 0.3) is 6.08 Å². The summed E-state index contributed by atoms with van der Waals surface area (Å²) in [7, 11) is 8.07. The second kappa shape index (κ2) is 12.1. The second-order valence-corrected chi connectivity index (χ2v) is 7.60. The quantitative estimate of drug-likeness (QED) is 0.296. The van der Waals surface area contributed by atoms with Gasteiger partial charge in [0.2, 0.25) is 0 Å². The van der Waals surface area contributed by atoms with Gasteiger partial charge in [-0.3, -0.25) is 4.79 Å². The predicted molar refractivity (Wildman–Crippen MR) is 106 cm³/mol. The van der Waals surface area contributed by atoms with E-state index in [4.69, 9.17) is 11.6 Å². The van der Waals surface area contributed by atoms with Crippen LogP contribution in [0.3, 0.4) is 0 Å². The SMILES string of the molecule is C[NH+](C)Cc1cc(C(=O)/C=C/c2cccc(Cl)c2)cc(C[NH+](C)C)c1O.[Cl-].[Cl-]. The summed E-state index contributed by atoms with van der Waals surface area (Å²) in [5.41, 5.74) is 3.06. The Morgan fingerprint density at radius 2 is 1.54 bits per heavy atom. The number of benzene rings is 2. The average molecular weight is 446 g/mol. The van der Waals surface area contributed by atoms with Crippen LogP contribution in [-0.4, -0.2) is 39.1 Å². The molecule has 2 aromatic rings. The summed E-state index contributed by atoms with van der Waals surface area (Å²) in [6.45, 7) is 1.31. The molecule has 0 saturated heterocycles. The number of rotatable bonds is 7. The van der Waals surface area contributed by atoms with Crippen molar-refractivity contribution in [2.45, 2.75) is 13.1 Å². The molecular weight excluding hydrogens is 419 g/mol. The van der Waals surface area contributed by atoms with Gasteiger partial charge in [-0.05, 0) is 35.9 Å². The van der Waals surface area contributed by atoms with Gasteiger partial charge in [0.1, 0.15) is 18.8 Å². The number of allylic oxidation sites excluding steroid dienone is 1. The molecule has 2 aromatic carbocycles. The van der Waals surface area contributed by atoms with E-state index in [-0.39, 0.29) is 30.6 Å². The van der Waals surface area contributed by atoms with Crippen LogP contribution in [0.4, 0.5) is 0 Å². The number of carbonyl (C=O) groups excluding carboxylic acids is 1. The lowest BCUT2D eigenvalue weighted by Gasteiger charge is -2.15. The van der Waals surface area contributed by atoms with E-state index in [1.54, 1.807) is 30.4 Å². The van der Waals surface area contributed by atoms with Crippen molar-refractivity contribution in [2.75, 3.05) is 28.2 Å². The fourth-order valence-electron chi connectivity index (χ4n) is 2.81. The molecule has 0 saturated carbocycles. The molecule has 0 unspecified atom stereocenters. The van der Waals surface area contributed by atoms with Crippen molar-refractivity contribution in [3.8, 4) is 5.75 Å². The number of carbonyl (C=O) groups is 1. The molecule has 0 aromatic heterocycles. The number of hydrogen-bond donors (Lipinski definition) is 3. The summed E-state index contributed by atoms with van der Waals surface area (Å²) < 4.78 is 0. The molecule has 0 atom stereocenters. The zero-order valence-electron chi connectivity index (χ0n) is 16.5. The first-order valence-electron chi connectivity index (χ1n) is 8.67. The molecule has 154 valence electrons. The lowest BCUT2D eigenvalue weighted by atomic mass is 10.00.